The summed E-state index contributed by atoms with van der Waals surface area (Å²) in [5, 5.41) is 8.57. The number of alkyl halides is 1. The van der Waals surface area contributed by atoms with Crippen molar-refractivity contribution >= 4 is 15.9 Å². The molecular formula is C9H16BrN3. The predicted octanol–water partition coefficient (Wildman–Crippen LogP) is 1.34. The van der Waals surface area contributed by atoms with Crippen molar-refractivity contribution in [1.82, 2.24) is 15.1 Å². The summed E-state index contributed by atoms with van der Waals surface area (Å²) in [5.74, 6) is 0. The first kappa shape index (κ1) is 10.7. The molecule has 1 aromatic heterocycles. The minimum Gasteiger partial charge on any atom is -0.316 e. The Morgan fingerprint density at radius 2 is 2.38 bits per heavy atom. The van der Waals surface area contributed by atoms with Gasteiger partial charge < -0.3 is 5.32 Å². The van der Waals surface area contributed by atoms with Gasteiger partial charge in [0, 0.05) is 37.2 Å². The van der Waals surface area contributed by atoms with Crippen LogP contribution in [-0.4, -0.2) is 28.2 Å². The minimum absolute atomic E-state index is 1.03. The molecule has 1 N–H and O–H groups in total. The van der Waals surface area contributed by atoms with E-state index in [2.05, 4.69) is 32.4 Å². The highest BCUT2D eigenvalue weighted by Crippen LogP contribution is 1.95. The number of aryl methyl sites for hydroxylation is 1. The Balaban J connectivity index is 2.10. The zero-order valence-corrected chi connectivity index (χ0v) is 9.55. The summed E-state index contributed by atoms with van der Waals surface area (Å²) >= 11 is 3.40. The Kier molecular flexibility index (Phi) is 5.08. The van der Waals surface area contributed by atoms with Crippen molar-refractivity contribution in [3.8, 4) is 0 Å². The van der Waals surface area contributed by atoms with Gasteiger partial charge in [0.2, 0.25) is 0 Å². The summed E-state index contributed by atoms with van der Waals surface area (Å²) in [5.41, 5.74) is 1.28. The van der Waals surface area contributed by atoms with Crippen LogP contribution >= 0.6 is 15.9 Å². The van der Waals surface area contributed by atoms with Gasteiger partial charge in [-0.25, -0.2) is 0 Å². The topological polar surface area (TPSA) is 29.9 Å². The zero-order chi connectivity index (χ0) is 9.52. The molecule has 0 fully saturated rings. The molecule has 0 aliphatic carbocycles. The summed E-state index contributed by atoms with van der Waals surface area (Å²) in [6, 6.07) is 2.06. The largest absolute Gasteiger partial charge is 0.316 e. The maximum Gasteiger partial charge on any atom is 0.0492 e. The van der Waals surface area contributed by atoms with E-state index in [0.29, 0.717) is 0 Å². The number of nitrogens with zero attached hydrogens (tertiary/aromatic N) is 2. The molecule has 4 heteroatoms. The van der Waals surface area contributed by atoms with Gasteiger partial charge in [-0.05, 0) is 19.0 Å². The molecule has 1 heterocycles. The van der Waals surface area contributed by atoms with E-state index < -0.39 is 0 Å². The Bertz CT molecular complexity index is 235. The quantitative estimate of drug-likeness (QED) is 0.606. The van der Waals surface area contributed by atoms with Crippen molar-refractivity contribution in [3.05, 3.63) is 18.0 Å². The molecule has 0 aromatic carbocycles. The van der Waals surface area contributed by atoms with Crippen LogP contribution in [-0.2, 0) is 13.5 Å². The normalized spacial score (nSPS) is 10.6. The standard InChI is InChI=1S/C9H16BrN3/c1-13-9(4-8-12-13)3-7-11-6-2-5-10/h4,8,11H,2-3,5-7H2,1H3. The summed E-state index contributed by atoms with van der Waals surface area (Å²) in [6.45, 7) is 2.12. The summed E-state index contributed by atoms with van der Waals surface area (Å²) in [7, 11) is 1.98. The molecule has 0 spiro atoms. The average Bonchev–Trinajstić information content (AvgIpc) is 2.52. The smallest absolute Gasteiger partial charge is 0.0492 e. The van der Waals surface area contributed by atoms with Crippen LogP contribution in [0.2, 0.25) is 0 Å². The van der Waals surface area contributed by atoms with E-state index in [4.69, 9.17) is 0 Å². The molecule has 74 valence electrons. The molecule has 0 saturated heterocycles. The lowest BCUT2D eigenvalue weighted by atomic mass is 10.3. The SMILES string of the molecule is Cn1nccc1CCNCCCBr. The number of hydrogen-bond donors (Lipinski definition) is 1. The number of halogens is 1. The maximum atomic E-state index is 4.11. The van der Waals surface area contributed by atoms with Gasteiger partial charge in [0.1, 0.15) is 0 Å². The highest BCUT2D eigenvalue weighted by atomic mass is 79.9. The van der Waals surface area contributed by atoms with Crippen molar-refractivity contribution in [2.24, 2.45) is 7.05 Å². The van der Waals surface area contributed by atoms with E-state index in [1.54, 1.807) is 0 Å². The number of aromatic nitrogens is 2. The molecule has 3 nitrogen and oxygen atoms in total. The third-order valence-electron chi connectivity index (χ3n) is 1.97. The van der Waals surface area contributed by atoms with Crippen LogP contribution in [0.4, 0.5) is 0 Å². The average molecular weight is 246 g/mol. The van der Waals surface area contributed by atoms with Gasteiger partial charge in [-0.3, -0.25) is 4.68 Å². The van der Waals surface area contributed by atoms with E-state index >= 15 is 0 Å². The molecule has 0 saturated carbocycles. The van der Waals surface area contributed by atoms with Crippen LogP contribution in [0.5, 0.6) is 0 Å². The molecule has 0 aliphatic heterocycles. The Morgan fingerprint density at radius 1 is 1.54 bits per heavy atom. The first-order chi connectivity index (χ1) is 6.34. The van der Waals surface area contributed by atoms with E-state index in [9.17, 15) is 0 Å². The van der Waals surface area contributed by atoms with Crippen LogP contribution in [0.1, 0.15) is 12.1 Å². The minimum atomic E-state index is 1.03. The summed E-state index contributed by atoms with van der Waals surface area (Å²) in [6.07, 6.45) is 4.08. The maximum absolute atomic E-state index is 4.11. The monoisotopic (exact) mass is 245 g/mol. The molecule has 1 aromatic rings. The van der Waals surface area contributed by atoms with Gasteiger partial charge >= 0.3 is 0 Å². The molecule has 0 radical (unpaired) electrons. The van der Waals surface area contributed by atoms with E-state index in [0.717, 1.165) is 24.8 Å². The molecule has 0 amide bonds. The number of nitrogens with one attached hydrogen (secondary N) is 1. The lowest BCUT2D eigenvalue weighted by molar-refractivity contribution is 0.639. The fraction of sp³-hybridized carbons (Fsp3) is 0.667. The fourth-order valence-electron chi connectivity index (χ4n) is 1.18. The van der Waals surface area contributed by atoms with Crippen molar-refractivity contribution in [2.45, 2.75) is 12.8 Å². The highest BCUT2D eigenvalue weighted by Gasteiger charge is 1.96. The molecule has 0 aliphatic rings. The highest BCUT2D eigenvalue weighted by molar-refractivity contribution is 9.09. The van der Waals surface area contributed by atoms with Crippen LogP contribution in [0.15, 0.2) is 12.3 Å². The van der Waals surface area contributed by atoms with E-state index in [1.807, 2.05) is 17.9 Å². The first-order valence-corrected chi connectivity index (χ1v) is 5.70. The lowest BCUT2D eigenvalue weighted by Gasteiger charge is -2.03. The molecule has 0 atom stereocenters. The van der Waals surface area contributed by atoms with Crippen LogP contribution in [0, 0.1) is 0 Å². The molecule has 13 heavy (non-hydrogen) atoms. The molecular weight excluding hydrogens is 230 g/mol. The molecule has 1 rings (SSSR count). The van der Waals surface area contributed by atoms with Gasteiger partial charge in [-0.2, -0.15) is 5.10 Å². The second kappa shape index (κ2) is 6.16. The van der Waals surface area contributed by atoms with Crippen molar-refractivity contribution in [2.75, 3.05) is 18.4 Å². The lowest BCUT2D eigenvalue weighted by Crippen LogP contribution is -2.19. The predicted molar refractivity (Wildman–Crippen MR) is 58.2 cm³/mol. The molecule has 0 bridgehead atoms. The Morgan fingerprint density at radius 3 is 3.00 bits per heavy atom. The summed E-state index contributed by atoms with van der Waals surface area (Å²) in [4.78, 5) is 0. The van der Waals surface area contributed by atoms with E-state index in [1.165, 1.54) is 12.1 Å². The van der Waals surface area contributed by atoms with Crippen LogP contribution < -0.4 is 5.32 Å². The molecule has 0 unspecified atom stereocenters. The van der Waals surface area contributed by atoms with Gasteiger partial charge in [-0.1, -0.05) is 15.9 Å². The fourth-order valence-corrected chi connectivity index (χ4v) is 1.46. The van der Waals surface area contributed by atoms with Crippen molar-refractivity contribution in [3.63, 3.8) is 0 Å². The Hall–Kier alpha value is -0.350. The summed E-state index contributed by atoms with van der Waals surface area (Å²) < 4.78 is 1.92. The number of hydrogen-bond acceptors (Lipinski definition) is 2. The van der Waals surface area contributed by atoms with Gasteiger partial charge in [0.25, 0.3) is 0 Å². The van der Waals surface area contributed by atoms with Gasteiger partial charge in [0.15, 0.2) is 0 Å². The third-order valence-corrected chi connectivity index (χ3v) is 2.53. The first-order valence-electron chi connectivity index (χ1n) is 4.58. The van der Waals surface area contributed by atoms with Gasteiger partial charge in [-0.15, -0.1) is 0 Å². The van der Waals surface area contributed by atoms with Gasteiger partial charge in [0.05, 0.1) is 0 Å². The van der Waals surface area contributed by atoms with Crippen molar-refractivity contribution < 1.29 is 0 Å². The van der Waals surface area contributed by atoms with Crippen molar-refractivity contribution in [1.29, 1.82) is 0 Å². The van der Waals surface area contributed by atoms with Crippen LogP contribution in [0.3, 0.4) is 0 Å². The zero-order valence-electron chi connectivity index (χ0n) is 7.96. The second-order valence-corrected chi connectivity index (χ2v) is 3.78. The third kappa shape index (κ3) is 3.91. The second-order valence-electron chi connectivity index (χ2n) is 2.99. The number of rotatable bonds is 6. The Labute approximate surface area is 87.6 Å². The van der Waals surface area contributed by atoms with Crippen LogP contribution in [0.25, 0.3) is 0 Å². The van der Waals surface area contributed by atoms with E-state index in [-0.39, 0.29) is 0 Å².